The number of hydrogen-bond acceptors (Lipinski definition) is 4. The van der Waals surface area contributed by atoms with Crippen LogP contribution in [-0.2, 0) is 13.0 Å². The molecule has 6 rings (SSSR count). The van der Waals surface area contributed by atoms with E-state index in [-0.39, 0.29) is 0 Å². The van der Waals surface area contributed by atoms with Crippen molar-refractivity contribution in [2.75, 3.05) is 18.0 Å². The van der Waals surface area contributed by atoms with Crippen LogP contribution in [0.5, 0.6) is 0 Å². The van der Waals surface area contributed by atoms with Crippen LogP contribution in [0.2, 0.25) is 0 Å². The summed E-state index contributed by atoms with van der Waals surface area (Å²) in [5.41, 5.74) is 10.3. The SMILES string of the molecule is Cc1c[nH]c2ncc(-c3cc4c(c([C@@H]5CCCN5)c3)CCN(c3cccnc3)C4)cc12. The minimum absolute atomic E-state index is 0.462. The van der Waals surface area contributed by atoms with E-state index in [1.54, 1.807) is 0 Å². The molecule has 5 nitrogen and oxygen atoms in total. The molecule has 1 atom stereocenters. The molecule has 0 amide bonds. The van der Waals surface area contributed by atoms with Crippen LogP contribution >= 0.6 is 0 Å². The van der Waals surface area contributed by atoms with E-state index in [0.29, 0.717) is 6.04 Å². The van der Waals surface area contributed by atoms with Crippen LogP contribution < -0.4 is 10.2 Å². The number of aromatic amines is 1. The Kier molecular flexibility index (Phi) is 4.50. The molecule has 31 heavy (non-hydrogen) atoms. The van der Waals surface area contributed by atoms with Gasteiger partial charge in [0.25, 0.3) is 0 Å². The zero-order valence-corrected chi connectivity index (χ0v) is 17.9. The van der Waals surface area contributed by atoms with Gasteiger partial charge in [-0.15, -0.1) is 0 Å². The molecule has 1 saturated heterocycles. The summed E-state index contributed by atoms with van der Waals surface area (Å²) < 4.78 is 0. The molecule has 3 aromatic heterocycles. The van der Waals surface area contributed by atoms with Gasteiger partial charge < -0.3 is 15.2 Å². The lowest BCUT2D eigenvalue weighted by Gasteiger charge is -2.33. The first kappa shape index (κ1) is 18.6. The number of aromatic nitrogens is 3. The summed E-state index contributed by atoms with van der Waals surface area (Å²) in [5, 5.41) is 4.94. The number of rotatable bonds is 3. The summed E-state index contributed by atoms with van der Waals surface area (Å²) in [5.74, 6) is 0. The second-order valence-electron chi connectivity index (χ2n) is 8.83. The van der Waals surface area contributed by atoms with Crippen molar-refractivity contribution in [3.63, 3.8) is 0 Å². The van der Waals surface area contributed by atoms with Crippen LogP contribution in [0.4, 0.5) is 5.69 Å². The average molecular weight is 410 g/mol. The Labute approximate surface area is 182 Å². The lowest BCUT2D eigenvalue weighted by atomic mass is 9.86. The molecule has 4 aromatic rings. The third-order valence-corrected chi connectivity index (χ3v) is 6.89. The summed E-state index contributed by atoms with van der Waals surface area (Å²) in [4.78, 5) is 14.7. The van der Waals surface area contributed by atoms with Crippen LogP contribution in [0.1, 0.15) is 41.1 Å². The molecule has 0 radical (unpaired) electrons. The molecule has 5 heterocycles. The number of aryl methyl sites for hydroxylation is 1. The predicted octanol–water partition coefficient (Wildman–Crippen LogP) is 4.92. The second-order valence-corrected chi connectivity index (χ2v) is 8.83. The van der Waals surface area contributed by atoms with Gasteiger partial charge in [0.1, 0.15) is 5.65 Å². The van der Waals surface area contributed by atoms with Gasteiger partial charge in [0.05, 0.1) is 11.9 Å². The quantitative estimate of drug-likeness (QED) is 0.504. The summed E-state index contributed by atoms with van der Waals surface area (Å²) >= 11 is 0. The minimum atomic E-state index is 0.462. The third-order valence-electron chi connectivity index (χ3n) is 6.89. The third kappa shape index (κ3) is 3.29. The van der Waals surface area contributed by atoms with Crippen molar-refractivity contribution < 1.29 is 0 Å². The van der Waals surface area contributed by atoms with Gasteiger partial charge in [-0.05, 0) is 90.9 Å². The molecule has 1 fully saturated rings. The lowest BCUT2D eigenvalue weighted by Crippen LogP contribution is -2.32. The van der Waals surface area contributed by atoms with Crippen molar-refractivity contribution in [3.8, 4) is 11.1 Å². The van der Waals surface area contributed by atoms with E-state index in [9.17, 15) is 0 Å². The van der Waals surface area contributed by atoms with Gasteiger partial charge in [-0.25, -0.2) is 4.98 Å². The first-order chi connectivity index (χ1) is 15.3. The van der Waals surface area contributed by atoms with Gasteiger partial charge >= 0.3 is 0 Å². The molecule has 0 aliphatic carbocycles. The fourth-order valence-electron chi connectivity index (χ4n) is 5.22. The van der Waals surface area contributed by atoms with Crippen LogP contribution in [-0.4, -0.2) is 28.0 Å². The Bertz CT molecular complexity index is 1240. The highest BCUT2D eigenvalue weighted by molar-refractivity contribution is 5.84. The van der Waals surface area contributed by atoms with Crippen molar-refractivity contribution >= 4 is 16.7 Å². The monoisotopic (exact) mass is 409 g/mol. The maximum Gasteiger partial charge on any atom is 0.137 e. The number of benzene rings is 1. The Balaban J connectivity index is 1.46. The van der Waals surface area contributed by atoms with Gasteiger partial charge in [0.15, 0.2) is 0 Å². The molecule has 0 unspecified atom stereocenters. The van der Waals surface area contributed by atoms with E-state index in [2.05, 4.69) is 51.4 Å². The fraction of sp³-hybridized carbons (Fsp3) is 0.308. The smallest absolute Gasteiger partial charge is 0.137 e. The highest BCUT2D eigenvalue weighted by atomic mass is 15.1. The van der Waals surface area contributed by atoms with Crippen LogP contribution in [0.15, 0.2) is 55.1 Å². The highest BCUT2D eigenvalue weighted by Gasteiger charge is 2.26. The van der Waals surface area contributed by atoms with Gasteiger partial charge in [-0.2, -0.15) is 0 Å². The molecular weight excluding hydrogens is 382 g/mol. The van der Waals surface area contributed by atoms with Gasteiger partial charge in [-0.3, -0.25) is 4.98 Å². The van der Waals surface area contributed by atoms with Gasteiger partial charge in [0.2, 0.25) is 0 Å². The van der Waals surface area contributed by atoms with E-state index in [0.717, 1.165) is 31.7 Å². The largest absolute Gasteiger partial charge is 0.366 e. The van der Waals surface area contributed by atoms with Crippen molar-refractivity contribution in [3.05, 3.63) is 77.4 Å². The Morgan fingerprint density at radius 3 is 2.94 bits per heavy atom. The number of nitrogens with one attached hydrogen (secondary N) is 2. The zero-order valence-electron chi connectivity index (χ0n) is 17.9. The van der Waals surface area contributed by atoms with E-state index in [1.165, 1.54) is 57.3 Å². The average Bonchev–Trinajstić information content (AvgIpc) is 3.49. The van der Waals surface area contributed by atoms with E-state index < -0.39 is 0 Å². The van der Waals surface area contributed by atoms with Crippen LogP contribution in [0.25, 0.3) is 22.2 Å². The maximum absolute atomic E-state index is 4.69. The number of fused-ring (bicyclic) bond motifs is 2. The standard InChI is InChI=1S/C26H27N5/c1-17-13-29-26-23(17)12-19(14-30-26)18-10-20-16-31(21-4-2-7-27-15-21)9-6-22(20)24(11-18)25-5-3-8-28-25/h2,4,7,10-15,25,28H,3,5-6,8-9,16H2,1H3,(H,29,30)/t25-/m0/s1. The summed E-state index contributed by atoms with van der Waals surface area (Å²) in [6.07, 6.45) is 11.4. The summed E-state index contributed by atoms with van der Waals surface area (Å²) in [6.45, 7) is 5.21. The fourth-order valence-corrected chi connectivity index (χ4v) is 5.22. The van der Waals surface area contributed by atoms with E-state index >= 15 is 0 Å². The molecule has 5 heteroatoms. The summed E-state index contributed by atoms with van der Waals surface area (Å²) in [6, 6.07) is 11.7. The maximum atomic E-state index is 4.69. The molecule has 0 saturated carbocycles. The molecule has 0 bridgehead atoms. The molecule has 1 aromatic carbocycles. The Hall–Kier alpha value is -3.18. The number of anilines is 1. The van der Waals surface area contributed by atoms with E-state index in [4.69, 9.17) is 4.98 Å². The minimum Gasteiger partial charge on any atom is -0.366 e. The van der Waals surface area contributed by atoms with Gasteiger partial charge in [-0.1, -0.05) is 0 Å². The van der Waals surface area contributed by atoms with Crippen molar-refractivity contribution in [1.29, 1.82) is 0 Å². The first-order valence-electron chi connectivity index (χ1n) is 11.2. The van der Waals surface area contributed by atoms with Gasteiger partial charge in [0, 0.05) is 48.7 Å². The number of H-pyrrole nitrogens is 1. The Morgan fingerprint density at radius 2 is 2.10 bits per heavy atom. The molecule has 2 N–H and O–H groups in total. The predicted molar refractivity (Wildman–Crippen MR) is 125 cm³/mol. The number of pyridine rings is 2. The van der Waals surface area contributed by atoms with Crippen LogP contribution in [0.3, 0.4) is 0 Å². The topological polar surface area (TPSA) is 56.8 Å². The molecule has 0 spiro atoms. The summed E-state index contributed by atoms with van der Waals surface area (Å²) in [7, 11) is 0. The van der Waals surface area contributed by atoms with Crippen molar-refractivity contribution in [2.45, 2.75) is 38.8 Å². The number of nitrogens with zero attached hydrogens (tertiary/aromatic N) is 3. The molecule has 2 aliphatic heterocycles. The first-order valence-corrected chi connectivity index (χ1v) is 11.2. The molecular formula is C26H27N5. The second kappa shape index (κ2) is 7.50. The van der Waals surface area contributed by atoms with Crippen molar-refractivity contribution in [1.82, 2.24) is 20.3 Å². The zero-order chi connectivity index (χ0) is 20.8. The normalized spacial score (nSPS) is 18.5. The van der Waals surface area contributed by atoms with E-state index in [1.807, 2.05) is 30.9 Å². The molecule has 2 aliphatic rings. The number of hydrogen-bond donors (Lipinski definition) is 2. The Morgan fingerprint density at radius 1 is 1.13 bits per heavy atom. The van der Waals surface area contributed by atoms with Crippen LogP contribution in [0, 0.1) is 6.92 Å². The highest BCUT2D eigenvalue weighted by Crippen LogP contribution is 2.37. The van der Waals surface area contributed by atoms with Crippen molar-refractivity contribution in [2.24, 2.45) is 0 Å². The molecule has 156 valence electrons. The lowest BCUT2D eigenvalue weighted by molar-refractivity contribution is 0.626.